The number of hydrogen-bond donors (Lipinski definition) is 0. The predicted octanol–water partition coefficient (Wildman–Crippen LogP) is 2.16. The highest BCUT2D eigenvalue weighted by atomic mass is 16.3. The summed E-state index contributed by atoms with van der Waals surface area (Å²) in [4.78, 5) is 7.73. The van der Waals surface area contributed by atoms with E-state index in [1.807, 2.05) is 12.1 Å². The number of hydrogen-bond acceptors (Lipinski definition) is 3. The SMILES string of the molecule is C=Nc1ccc2ncoc2c1. The second-order valence-corrected chi connectivity index (χ2v) is 2.16. The van der Waals surface area contributed by atoms with Crippen LogP contribution >= 0.6 is 0 Å². The molecule has 0 saturated heterocycles. The van der Waals surface area contributed by atoms with Crippen molar-refractivity contribution in [1.29, 1.82) is 0 Å². The minimum absolute atomic E-state index is 0.745. The molecular weight excluding hydrogens is 140 g/mol. The Morgan fingerprint density at radius 3 is 3.18 bits per heavy atom. The van der Waals surface area contributed by atoms with Crippen molar-refractivity contribution in [1.82, 2.24) is 4.98 Å². The number of rotatable bonds is 1. The fourth-order valence-corrected chi connectivity index (χ4v) is 0.942. The Hall–Kier alpha value is -1.64. The van der Waals surface area contributed by atoms with Crippen LogP contribution in [0.4, 0.5) is 5.69 Å². The average Bonchev–Trinajstić information content (AvgIpc) is 2.50. The number of fused-ring (bicyclic) bond motifs is 1. The first-order valence-corrected chi connectivity index (χ1v) is 3.20. The smallest absolute Gasteiger partial charge is 0.181 e. The zero-order valence-corrected chi connectivity index (χ0v) is 5.82. The maximum absolute atomic E-state index is 5.06. The Balaban J connectivity index is 2.76. The van der Waals surface area contributed by atoms with E-state index in [4.69, 9.17) is 4.42 Å². The lowest BCUT2D eigenvalue weighted by atomic mass is 10.3. The summed E-state index contributed by atoms with van der Waals surface area (Å²) < 4.78 is 5.06. The molecule has 1 heterocycles. The average molecular weight is 146 g/mol. The minimum Gasteiger partial charge on any atom is -0.443 e. The molecule has 0 fully saturated rings. The molecule has 3 heteroatoms. The van der Waals surface area contributed by atoms with Crippen molar-refractivity contribution >= 4 is 23.5 Å². The quantitative estimate of drug-likeness (QED) is 0.578. The van der Waals surface area contributed by atoms with E-state index in [0.717, 1.165) is 16.8 Å². The van der Waals surface area contributed by atoms with E-state index in [0.29, 0.717) is 0 Å². The third-order valence-electron chi connectivity index (χ3n) is 1.50. The van der Waals surface area contributed by atoms with E-state index in [9.17, 15) is 0 Å². The fraction of sp³-hybridized carbons (Fsp3) is 0. The molecule has 2 rings (SSSR count). The molecule has 2 aromatic rings. The number of benzene rings is 1. The summed E-state index contributed by atoms with van der Waals surface area (Å²) in [5.41, 5.74) is 2.39. The normalized spacial score (nSPS) is 10.2. The van der Waals surface area contributed by atoms with Crippen molar-refractivity contribution in [2.45, 2.75) is 0 Å². The molecule has 1 aromatic carbocycles. The standard InChI is InChI=1S/C8H6N2O/c1-9-6-2-3-7-8(4-6)11-5-10-7/h2-5H,1H2. The van der Waals surface area contributed by atoms with Crippen LogP contribution < -0.4 is 0 Å². The van der Waals surface area contributed by atoms with E-state index >= 15 is 0 Å². The predicted molar refractivity (Wildman–Crippen MR) is 43.2 cm³/mol. The lowest BCUT2D eigenvalue weighted by molar-refractivity contribution is 0.602. The molecule has 0 aliphatic carbocycles. The highest BCUT2D eigenvalue weighted by Crippen LogP contribution is 2.18. The van der Waals surface area contributed by atoms with E-state index in [-0.39, 0.29) is 0 Å². The van der Waals surface area contributed by atoms with Crippen LogP contribution in [-0.2, 0) is 0 Å². The lowest BCUT2D eigenvalue weighted by Crippen LogP contribution is -1.65. The van der Waals surface area contributed by atoms with Gasteiger partial charge < -0.3 is 4.42 Å². The second kappa shape index (κ2) is 2.20. The van der Waals surface area contributed by atoms with Crippen molar-refractivity contribution in [2.24, 2.45) is 4.99 Å². The van der Waals surface area contributed by atoms with E-state index in [2.05, 4.69) is 16.7 Å². The molecule has 0 N–H and O–H groups in total. The van der Waals surface area contributed by atoms with Gasteiger partial charge in [-0.25, -0.2) is 4.98 Å². The highest BCUT2D eigenvalue weighted by molar-refractivity contribution is 5.76. The summed E-state index contributed by atoms with van der Waals surface area (Å²) in [6, 6.07) is 5.50. The van der Waals surface area contributed by atoms with E-state index in [1.54, 1.807) is 6.07 Å². The van der Waals surface area contributed by atoms with Gasteiger partial charge in [0.1, 0.15) is 5.52 Å². The molecule has 11 heavy (non-hydrogen) atoms. The molecule has 0 aliphatic heterocycles. The summed E-state index contributed by atoms with van der Waals surface area (Å²) in [5, 5.41) is 0. The summed E-state index contributed by atoms with van der Waals surface area (Å²) in [7, 11) is 0. The van der Waals surface area contributed by atoms with Crippen molar-refractivity contribution < 1.29 is 4.42 Å². The Morgan fingerprint density at radius 1 is 1.45 bits per heavy atom. The highest BCUT2D eigenvalue weighted by Gasteiger charge is 1.96. The van der Waals surface area contributed by atoms with Crippen LogP contribution in [0.5, 0.6) is 0 Å². The van der Waals surface area contributed by atoms with Gasteiger partial charge in [-0.3, -0.25) is 4.99 Å². The van der Waals surface area contributed by atoms with Gasteiger partial charge in [-0.15, -0.1) is 0 Å². The summed E-state index contributed by atoms with van der Waals surface area (Å²) >= 11 is 0. The topological polar surface area (TPSA) is 38.4 Å². The van der Waals surface area contributed by atoms with Crippen LogP contribution in [0.15, 0.2) is 34.0 Å². The first kappa shape index (κ1) is 6.09. The van der Waals surface area contributed by atoms with Gasteiger partial charge in [-0.05, 0) is 18.9 Å². The van der Waals surface area contributed by atoms with Gasteiger partial charge in [-0.1, -0.05) is 0 Å². The largest absolute Gasteiger partial charge is 0.443 e. The third-order valence-corrected chi connectivity index (χ3v) is 1.50. The van der Waals surface area contributed by atoms with Crippen LogP contribution in [0.1, 0.15) is 0 Å². The van der Waals surface area contributed by atoms with Gasteiger partial charge in [0, 0.05) is 6.07 Å². The zero-order chi connectivity index (χ0) is 7.68. The van der Waals surface area contributed by atoms with Crippen LogP contribution in [0, 0.1) is 0 Å². The zero-order valence-electron chi connectivity index (χ0n) is 5.82. The van der Waals surface area contributed by atoms with Crippen molar-refractivity contribution in [2.75, 3.05) is 0 Å². The second-order valence-electron chi connectivity index (χ2n) is 2.16. The number of aliphatic imine (C=N–C) groups is 1. The van der Waals surface area contributed by atoms with Crippen molar-refractivity contribution in [3.8, 4) is 0 Å². The lowest BCUT2D eigenvalue weighted by Gasteiger charge is -1.88. The van der Waals surface area contributed by atoms with Crippen LogP contribution in [0.2, 0.25) is 0 Å². The summed E-state index contributed by atoms with van der Waals surface area (Å²) in [6.07, 6.45) is 1.41. The molecule has 0 unspecified atom stereocenters. The number of nitrogens with zero attached hydrogens (tertiary/aromatic N) is 2. The van der Waals surface area contributed by atoms with Gasteiger partial charge in [-0.2, -0.15) is 0 Å². The molecule has 54 valence electrons. The Bertz CT molecular complexity index is 392. The van der Waals surface area contributed by atoms with E-state index in [1.165, 1.54) is 6.39 Å². The Kier molecular flexibility index (Phi) is 1.22. The van der Waals surface area contributed by atoms with Crippen molar-refractivity contribution in [3.05, 3.63) is 24.6 Å². The minimum atomic E-state index is 0.745. The van der Waals surface area contributed by atoms with Gasteiger partial charge in [0.15, 0.2) is 12.0 Å². The number of aromatic nitrogens is 1. The van der Waals surface area contributed by atoms with Crippen molar-refractivity contribution in [3.63, 3.8) is 0 Å². The maximum atomic E-state index is 5.06. The summed E-state index contributed by atoms with van der Waals surface area (Å²) in [5.74, 6) is 0. The molecule has 1 aromatic heterocycles. The van der Waals surface area contributed by atoms with Crippen LogP contribution in [-0.4, -0.2) is 11.7 Å². The first-order chi connectivity index (χ1) is 5.40. The molecule has 0 atom stereocenters. The number of oxazole rings is 1. The van der Waals surface area contributed by atoms with E-state index < -0.39 is 0 Å². The molecule has 0 spiro atoms. The molecule has 0 bridgehead atoms. The fourth-order valence-electron chi connectivity index (χ4n) is 0.942. The molecule has 3 nitrogen and oxygen atoms in total. The Morgan fingerprint density at radius 2 is 2.36 bits per heavy atom. The Labute approximate surface area is 63.4 Å². The van der Waals surface area contributed by atoms with Gasteiger partial charge in [0.25, 0.3) is 0 Å². The molecular formula is C8H6N2O. The molecule has 0 saturated carbocycles. The monoisotopic (exact) mass is 146 g/mol. The van der Waals surface area contributed by atoms with Gasteiger partial charge >= 0.3 is 0 Å². The first-order valence-electron chi connectivity index (χ1n) is 3.20. The van der Waals surface area contributed by atoms with Crippen LogP contribution in [0.25, 0.3) is 11.1 Å². The van der Waals surface area contributed by atoms with Gasteiger partial charge in [0.05, 0.1) is 5.69 Å². The third kappa shape index (κ3) is 0.902. The maximum Gasteiger partial charge on any atom is 0.181 e. The van der Waals surface area contributed by atoms with Gasteiger partial charge in [0.2, 0.25) is 0 Å². The summed E-state index contributed by atoms with van der Waals surface area (Å²) in [6.45, 7) is 3.41. The molecule has 0 amide bonds. The molecule has 0 radical (unpaired) electrons. The van der Waals surface area contributed by atoms with Crippen LogP contribution in [0.3, 0.4) is 0 Å². The molecule has 0 aliphatic rings.